The van der Waals surface area contributed by atoms with Gasteiger partial charge in [-0.2, -0.15) is 0 Å². The Kier molecular flexibility index (Phi) is 11.6. The van der Waals surface area contributed by atoms with Gasteiger partial charge in [0.2, 0.25) is 11.6 Å². The van der Waals surface area contributed by atoms with Crippen LogP contribution in [0.4, 0.5) is 0 Å². The van der Waals surface area contributed by atoms with Crippen LogP contribution in [0, 0.1) is 0 Å². The Balaban J connectivity index is 0.00000420. The van der Waals surface area contributed by atoms with E-state index in [0.29, 0.717) is 31.7 Å². The molecule has 1 N–H and O–H groups in total. The van der Waals surface area contributed by atoms with Crippen molar-refractivity contribution < 1.29 is 23.7 Å². The maximum absolute atomic E-state index is 12.4. The molecule has 0 spiro atoms. The second kappa shape index (κ2) is 14.9. The number of nitrogens with one attached hydrogen (secondary N) is 1. The van der Waals surface area contributed by atoms with Crippen molar-refractivity contribution in [3.63, 3.8) is 0 Å². The smallest absolute Gasteiger partial charge is 0.248 e. The first-order valence-corrected chi connectivity index (χ1v) is 12.8. The molecule has 0 saturated heterocycles. The summed E-state index contributed by atoms with van der Waals surface area (Å²) in [5, 5.41) is 3.25. The fraction of sp³-hybridized carbons (Fsp3) is 0.281. The lowest BCUT2D eigenvalue weighted by atomic mass is 9.93. The van der Waals surface area contributed by atoms with E-state index in [4.69, 9.17) is 18.9 Å². The Morgan fingerprint density at radius 3 is 1.79 bits per heavy atom. The Labute approximate surface area is 237 Å². The van der Waals surface area contributed by atoms with Gasteiger partial charge in [-0.15, -0.1) is 12.4 Å². The highest BCUT2D eigenvalue weighted by Crippen LogP contribution is 2.40. The van der Waals surface area contributed by atoms with Gasteiger partial charge in [0.15, 0.2) is 5.78 Å². The highest BCUT2D eigenvalue weighted by Gasteiger charge is 2.54. The molecule has 206 valence electrons. The number of hydrogen-bond acceptors (Lipinski definition) is 6. The fourth-order valence-corrected chi connectivity index (χ4v) is 4.39. The number of allylic oxidation sites excluding steroid dienone is 1. The fourth-order valence-electron chi connectivity index (χ4n) is 4.39. The van der Waals surface area contributed by atoms with Gasteiger partial charge in [0.25, 0.3) is 0 Å². The average molecular weight is 550 g/mol. The molecule has 0 aliphatic heterocycles. The van der Waals surface area contributed by atoms with Crippen molar-refractivity contribution in [2.75, 3.05) is 27.3 Å². The molecule has 0 bridgehead atoms. The van der Waals surface area contributed by atoms with Gasteiger partial charge < -0.3 is 24.3 Å². The summed E-state index contributed by atoms with van der Waals surface area (Å²) in [4.78, 5) is 12.4. The lowest BCUT2D eigenvalue weighted by Crippen LogP contribution is -2.59. The highest BCUT2D eigenvalue weighted by molar-refractivity contribution is 5.97. The maximum atomic E-state index is 12.4. The molecule has 3 aromatic carbocycles. The summed E-state index contributed by atoms with van der Waals surface area (Å²) >= 11 is 0. The molecule has 3 aromatic rings. The van der Waals surface area contributed by atoms with Gasteiger partial charge in [-0.25, -0.2) is 0 Å². The third kappa shape index (κ3) is 7.73. The van der Waals surface area contributed by atoms with Crippen LogP contribution in [0.2, 0.25) is 0 Å². The minimum absolute atomic E-state index is 0. The predicted octanol–water partition coefficient (Wildman–Crippen LogP) is 5.89. The molecule has 1 aliphatic rings. The van der Waals surface area contributed by atoms with E-state index in [-0.39, 0.29) is 24.7 Å². The number of ketones is 1. The monoisotopic (exact) mass is 549 g/mol. The van der Waals surface area contributed by atoms with Crippen molar-refractivity contribution in [3.05, 3.63) is 131 Å². The largest absolute Gasteiger partial charge is 0.345 e. The van der Waals surface area contributed by atoms with E-state index < -0.39 is 11.6 Å². The Bertz CT molecular complexity index is 1220. The molecule has 39 heavy (non-hydrogen) atoms. The molecule has 0 fully saturated rings. The molecule has 0 radical (unpaired) electrons. The summed E-state index contributed by atoms with van der Waals surface area (Å²) in [5.41, 5.74) is 3.69. The van der Waals surface area contributed by atoms with Crippen LogP contribution in [0.15, 0.2) is 115 Å². The van der Waals surface area contributed by atoms with Crippen LogP contribution in [0.5, 0.6) is 0 Å². The van der Waals surface area contributed by atoms with E-state index in [9.17, 15) is 4.79 Å². The van der Waals surface area contributed by atoms with Crippen LogP contribution in [0.25, 0.3) is 0 Å². The molecule has 4 rings (SSSR count). The number of carbonyl (C=O) groups is 1. The van der Waals surface area contributed by atoms with Gasteiger partial charge in [0.05, 0.1) is 19.8 Å². The quantitative estimate of drug-likeness (QED) is 0.154. The number of carbonyl (C=O) groups excluding carboxylic acids is 1. The molecule has 2 unspecified atom stereocenters. The van der Waals surface area contributed by atoms with Crippen LogP contribution in [-0.2, 0) is 32.2 Å². The number of Topliss-reactive ketones (excluding diaryl/α,β-unsaturated/α-hetero) is 1. The zero-order valence-corrected chi connectivity index (χ0v) is 23.2. The Morgan fingerprint density at radius 2 is 1.26 bits per heavy atom. The van der Waals surface area contributed by atoms with E-state index >= 15 is 0 Å². The Morgan fingerprint density at radius 1 is 0.744 bits per heavy atom. The molecule has 0 amide bonds. The minimum atomic E-state index is -1.34. The lowest BCUT2D eigenvalue weighted by molar-refractivity contribution is -0.365. The first-order valence-electron chi connectivity index (χ1n) is 12.8. The molecule has 0 aromatic heterocycles. The van der Waals surface area contributed by atoms with E-state index in [2.05, 4.69) is 5.32 Å². The first kappa shape index (κ1) is 30.4. The van der Waals surface area contributed by atoms with Crippen LogP contribution in [0.1, 0.15) is 27.9 Å². The SMILES string of the molecule is COC1(OCc2ccccc2)C=CC(CCNCC(=O)c2ccccc2)=CC1(OC)OCc1ccccc1.Cl. The van der Waals surface area contributed by atoms with Crippen LogP contribution >= 0.6 is 12.4 Å². The number of ether oxygens (including phenoxy) is 4. The van der Waals surface area contributed by atoms with Crippen molar-refractivity contribution >= 4 is 18.2 Å². The van der Waals surface area contributed by atoms with Crippen LogP contribution in [-0.4, -0.2) is 44.7 Å². The van der Waals surface area contributed by atoms with Gasteiger partial charge in [0.1, 0.15) is 0 Å². The lowest BCUT2D eigenvalue weighted by Gasteiger charge is -2.46. The second-order valence-electron chi connectivity index (χ2n) is 9.06. The number of halogens is 1. The molecule has 0 saturated carbocycles. The van der Waals surface area contributed by atoms with Gasteiger partial charge in [-0.1, -0.05) is 97.1 Å². The molecule has 6 nitrogen and oxygen atoms in total. The molecular weight excluding hydrogens is 514 g/mol. The predicted molar refractivity (Wildman–Crippen MR) is 155 cm³/mol. The molecular formula is C32H36ClNO5. The number of benzene rings is 3. The number of rotatable bonds is 14. The summed E-state index contributed by atoms with van der Waals surface area (Å²) in [5.74, 6) is -2.59. The van der Waals surface area contributed by atoms with E-state index in [1.165, 1.54) is 0 Å². The van der Waals surface area contributed by atoms with Crippen molar-refractivity contribution in [3.8, 4) is 0 Å². The standard InChI is InChI=1S/C32H35NO5.ClH/c1-35-31(37-24-27-12-6-3-7-13-27)20-18-26(19-21-33-23-30(34)29-16-10-5-11-17-29)22-32(31,36-2)38-25-28-14-8-4-9-15-28;/h3-18,20,22,33H,19,21,23-25H2,1-2H3;1H. The zero-order chi connectivity index (χ0) is 26.7. The summed E-state index contributed by atoms with van der Waals surface area (Å²) in [7, 11) is 3.18. The van der Waals surface area contributed by atoms with E-state index in [1.807, 2.05) is 109 Å². The van der Waals surface area contributed by atoms with Crippen molar-refractivity contribution in [1.82, 2.24) is 5.32 Å². The van der Waals surface area contributed by atoms with Crippen molar-refractivity contribution in [2.24, 2.45) is 0 Å². The summed E-state index contributed by atoms with van der Waals surface area (Å²) in [6, 6.07) is 29.1. The third-order valence-corrected chi connectivity index (χ3v) is 6.55. The summed E-state index contributed by atoms with van der Waals surface area (Å²) in [6.07, 6.45) is 6.41. The summed E-state index contributed by atoms with van der Waals surface area (Å²) < 4.78 is 24.9. The molecule has 1 aliphatic carbocycles. The zero-order valence-electron chi connectivity index (χ0n) is 22.4. The normalized spacial score (nSPS) is 20.2. The van der Waals surface area contributed by atoms with Crippen molar-refractivity contribution in [2.45, 2.75) is 31.2 Å². The summed E-state index contributed by atoms with van der Waals surface area (Å²) in [6.45, 7) is 1.49. The van der Waals surface area contributed by atoms with Gasteiger partial charge in [0, 0.05) is 19.8 Å². The molecule has 0 heterocycles. The van der Waals surface area contributed by atoms with E-state index in [1.54, 1.807) is 14.2 Å². The minimum Gasteiger partial charge on any atom is -0.345 e. The number of hydrogen-bond donors (Lipinski definition) is 1. The maximum Gasteiger partial charge on any atom is 0.248 e. The third-order valence-electron chi connectivity index (χ3n) is 6.55. The Hall–Kier alpha value is -3.10. The van der Waals surface area contributed by atoms with Crippen LogP contribution in [0.3, 0.4) is 0 Å². The van der Waals surface area contributed by atoms with Gasteiger partial charge in [-0.3, -0.25) is 4.79 Å². The van der Waals surface area contributed by atoms with Crippen molar-refractivity contribution in [1.29, 1.82) is 0 Å². The van der Waals surface area contributed by atoms with Gasteiger partial charge in [-0.05, 0) is 41.8 Å². The topological polar surface area (TPSA) is 66.0 Å². The number of methoxy groups -OCH3 is 2. The first-order chi connectivity index (χ1) is 18.6. The molecule has 7 heteroatoms. The highest BCUT2D eigenvalue weighted by atomic mass is 35.5. The van der Waals surface area contributed by atoms with Crippen LogP contribution < -0.4 is 5.32 Å². The second-order valence-corrected chi connectivity index (χ2v) is 9.06. The molecule has 2 atom stereocenters. The average Bonchev–Trinajstić information content (AvgIpc) is 2.99. The van der Waals surface area contributed by atoms with Gasteiger partial charge >= 0.3 is 0 Å². The van der Waals surface area contributed by atoms with E-state index in [0.717, 1.165) is 16.7 Å².